The maximum Gasteiger partial charge on any atom is 0.450 e. The van der Waals surface area contributed by atoms with Gasteiger partial charge in [-0.3, -0.25) is 9.48 Å². The van der Waals surface area contributed by atoms with E-state index in [2.05, 4.69) is 5.10 Å². The van der Waals surface area contributed by atoms with E-state index in [1.165, 1.54) is 11.7 Å². The summed E-state index contributed by atoms with van der Waals surface area (Å²) in [6.45, 7) is 0. The number of alkyl halides is 3. The Morgan fingerprint density at radius 2 is 2.00 bits per heavy atom. The molecule has 0 bridgehead atoms. The number of benzene rings is 1. The Morgan fingerprint density at radius 1 is 1.35 bits per heavy atom. The molecule has 0 unspecified atom stereocenters. The molecule has 0 N–H and O–H groups in total. The largest absolute Gasteiger partial charge is 0.450 e. The van der Waals surface area contributed by atoms with Crippen LogP contribution in [0.1, 0.15) is 5.69 Å². The first-order valence-electron chi connectivity index (χ1n) is 4.90. The summed E-state index contributed by atoms with van der Waals surface area (Å²) in [5.41, 5.74) is 0.864. The van der Waals surface area contributed by atoms with E-state index in [4.69, 9.17) is 0 Å². The molecule has 90 valence electrons. The molecule has 6 heteroatoms. The van der Waals surface area contributed by atoms with Gasteiger partial charge in [0.1, 0.15) is 0 Å². The first-order chi connectivity index (χ1) is 7.89. The summed E-state index contributed by atoms with van der Waals surface area (Å²) in [6, 6.07) is 6.79. The maximum atomic E-state index is 12.2. The second-order valence-electron chi connectivity index (χ2n) is 3.69. The third-order valence-electron chi connectivity index (χ3n) is 2.51. The van der Waals surface area contributed by atoms with E-state index in [9.17, 15) is 18.0 Å². The molecule has 0 aliphatic heterocycles. The summed E-state index contributed by atoms with van der Waals surface area (Å²) >= 11 is 0. The van der Waals surface area contributed by atoms with Gasteiger partial charge in [-0.25, -0.2) is 0 Å². The fraction of sp³-hybridized carbons (Fsp3) is 0.273. The first kappa shape index (κ1) is 11.6. The summed E-state index contributed by atoms with van der Waals surface area (Å²) in [4.78, 5) is 11.0. The SMILES string of the molecule is Cn1nc2ccccc2c1CC(=O)C(F)(F)F. The molecule has 2 aromatic rings. The topological polar surface area (TPSA) is 34.9 Å². The van der Waals surface area contributed by atoms with Gasteiger partial charge in [0.05, 0.1) is 17.6 Å². The molecule has 1 aromatic carbocycles. The molecule has 0 spiro atoms. The van der Waals surface area contributed by atoms with E-state index in [0.717, 1.165) is 0 Å². The fourth-order valence-electron chi connectivity index (χ4n) is 1.66. The van der Waals surface area contributed by atoms with Gasteiger partial charge >= 0.3 is 6.18 Å². The lowest BCUT2D eigenvalue weighted by Crippen LogP contribution is -2.25. The molecule has 1 heterocycles. The lowest BCUT2D eigenvalue weighted by molar-refractivity contribution is -0.170. The molecule has 0 saturated carbocycles. The number of carbonyl (C=O) groups excluding carboxylic acids is 1. The average Bonchev–Trinajstić information content (AvgIpc) is 2.54. The molecule has 3 nitrogen and oxygen atoms in total. The second-order valence-corrected chi connectivity index (χ2v) is 3.69. The van der Waals surface area contributed by atoms with Crippen LogP contribution in [-0.4, -0.2) is 21.7 Å². The zero-order valence-corrected chi connectivity index (χ0v) is 8.95. The number of fused-ring (bicyclic) bond motifs is 1. The van der Waals surface area contributed by atoms with Gasteiger partial charge in [0.15, 0.2) is 0 Å². The number of hydrogen-bond donors (Lipinski definition) is 0. The zero-order valence-electron chi connectivity index (χ0n) is 8.95. The summed E-state index contributed by atoms with van der Waals surface area (Å²) in [5, 5.41) is 4.62. The Balaban J connectivity index is 2.42. The predicted octanol–water partition coefficient (Wildman–Crippen LogP) is 2.25. The van der Waals surface area contributed by atoms with Gasteiger partial charge in [-0.1, -0.05) is 18.2 Å². The van der Waals surface area contributed by atoms with Crippen molar-refractivity contribution in [3.05, 3.63) is 30.0 Å². The maximum absolute atomic E-state index is 12.2. The predicted molar refractivity (Wildman–Crippen MR) is 55.5 cm³/mol. The Morgan fingerprint density at radius 3 is 2.65 bits per heavy atom. The molecule has 0 radical (unpaired) electrons. The van der Waals surface area contributed by atoms with E-state index in [-0.39, 0.29) is 5.69 Å². The molecular weight excluding hydrogens is 233 g/mol. The van der Waals surface area contributed by atoms with E-state index in [0.29, 0.717) is 10.9 Å². The highest BCUT2D eigenvalue weighted by Crippen LogP contribution is 2.23. The normalized spacial score (nSPS) is 12.0. The Hall–Kier alpha value is -1.85. The molecule has 0 atom stereocenters. The molecule has 0 aliphatic carbocycles. The van der Waals surface area contributed by atoms with Crippen molar-refractivity contribution in [3.63, 3.8) is 0 Å². The molecular formula is C11H9F3N2O. The highest BCUT2D eigenvalue weighted by Gasteiger charge is 2.38. The first-order valence-corrected chi connectivity index (χ1v) is 4.90. The van der Waals surface area contributed by atoms with Crippen LogP contribution in [0.5, 0.6) is 0 Å². The van der Waals surface area contributed by atoms with Crippen molar-refractivity contribution in [1.82, 2.24) is 9.78 Å². The number of halogens is 3. The molecule has 0 fully saturated rings. The number of Topliss-reactive ketones (excluding diaryl/α,β-unsaturated/α-hetero) is 1. The summed E-state index contributed by atoms with van der Waals surface area (Å²) in [6.07, 6.45) is -5.48. The van der Waals surface area contributed by atoms with Gasteiger partial charge in [-0.15, -0.1) is 0 Å². The standard InChI is InChI=1S/C11H9F3N2O/c1-16-9(6-10(17)11(12,13)14)7-4-2-3-5-8(7)15-16/h2-5H,6H2,1H3. The lowest BCUT2D eigenvalue weighted by Gasteiger charge is -2.05. The van der Waals surface area contributed by atoms with E-state index in [1.54, 1.807) is 24.3 Å². The van der Waals surface area contributed by atoms with Crippen LogP contribution >= 0.6 is 0 Å². The number of nitrogens with zero attached hydrogens (tertiary/aromatic N) is 2. The van der Waals surface area contributed by atoms with E-state index < -0.39 is 18.4 Å². The third-order valence-corrected chi connectivity index (χ3v) is 2.51. The van der Waals surface area contributed by atoms with E-state index in [1.807, 2.05) is 0 Å². The molecule has 17 heavy (non-hydrogen) atoms. The minimum Gasteiger partial charge on any atom is -0.289 e. The van der Waals surface area contributed by atoms with Crippen molar-refractivity contribution in [3.8, 4) is 0 Å². The van der Waals surface area contributed by atoms with Crippen LogP contribution in [0.3, 0.4) is 0 Å². The molecule has 1 aromatic heterocycles. The van der Waals surface area contributed by atoms with Gasteiger partial charge in [0.25, 0.3) is 0 Å². The molecule has 0 amide bonds. The number of rotatable bonds is 2. The highest BCUT2D eigenvalue weighted by molar-refractivity contribution is 5.91. The number of ketones is 1. The second kappa shape index (κ2) is 3.87. The fourth-order valence-corrected chi connectivity index (χ4v) is 1.66. The average molecular weight is 242 g/mol. The monoisotopic (exact) mass is 242 g/mol. The van der Waals surface area contributed by atoms with Crippen LogP contribution in [-0.2, 0) is 18.3 Å². The van der Waals surface area contributed by atoms with E-state index >= 15 is 0 Å². The highest BCUT2D eigenvalue weighted by atomic mass is 19.4. The van der Waals surface area contributed by atoms with Crippen LogP contribution in [0.25, 0.3) is 10.9 Å². The van der Waals surface area contributed by atoms with Crippen molar-refractivity contribution in [2.24, 2.45) is 7.05 Å². The van der Waals surface area contributed by atoms with Gasteiger partial charge in [-0.2, -0.15) is 18.3 Å². The van der Waals surface area contributed by atoms with Crippen LogP contribution in [0, 0.1) is 0 Å². The summed E-state index contributed by atoms with van der Waals surface area (Å²) in [7, 11) is 1.53. The minimum absolute atomic E-state index is 0.280. The van der Waals surface area contributed by atoms with Crippen LogP contribution < -0.4 is 0 Å². The number of hydrogen-bond acceptors (Lipinski definition) is 2. The summed E-state index contributed by atoms with van der Waals surface area (Å²) < 4.78 is 37.9. The quantitative estimate of drug-likeness (QED) is 0.809. The third kappa shape index (κ3) is 2.15. The van der Waals surface area contributed by atoms with Crippen molar-refractivity contribution in [2.75, 3.05) is 0 Å². The van der Waals surface area contributed by atoms with Gasteiger partial charge < -0.3 is 0 Å². The van der Waals surface area contributed by atoms with Crippen molar-refractivity contribution in [1.29, 1.82) is 0 Å². The van der Waals surface area contributed by atoms with Crippen molar-refractivity contribution < 1.29 is 18.0 Å². The summed E-state index contributed by atoms with van der Waals surface area (Å²) in [5.74, 6) is -1.76. The van der Waals surface area contributed by atoms with Gasteiger partial charge in [0, 0.05) is 12.4 Å². The van der Waals surface area contributed by atoms with Crippen LogP contribution in [0.2, 0.25) is 0 Å². The van der Waals surface area contributed by atoms with Crippen molar-refractivity contribution in [2.45, 2.75) is 12.6 Å². The molecule has 0 aliphatic rings. The Bertz CT molecular complexity index is 572. The Kier molecular flexibility index (Phi) is 2.65. The number of aromatic nitrogens is 2. The minimum atomic E-state index is -4.80. The number of carbonyl (C=O) groups is 1. The number of aryl methyl sites for hydroxylation is 1. The molecule has 0 saturated heterocycles. The molecule has 2 rings (SSSR count). The lowest BCUT2D eigenvalue weighted by atomic mass is 10.1. The van der Waals surface area contributed by atoms with Crippen molar-refractivity contribution >= 4 is 16.7 Å². The van der Waals surface area contributed by atoms with Crippen LogP contribution in [0.15, 0.2) is 24.3 Å². The van der Waals surface area contributed by atoms with Crippen LogP contribution in [0.4, 0.5) is 13.2 Å². The van der Waals surface area contributed by atoms with Gasteiger partial charge in [0.2, 0.25) is 5.78 Å². The smallest absolute Gasteiger partial charge is 0.289 e. The van der Waals surface area contributed by atoms with Gasteiger partial charge in [-0.05, 0) is 6.07 Å². The zero-order chi connectivity index (χ0) is 12.6. The Labute approximate surface area is 94.8 Å².